The molecule has 0 radical (unpaired) electrons. The number of hydrogen-bond donors (Lipinski definition) is 0. The highest BCUT2D eigenvalue weighted by Gasteiger charge is 2.70. The Morgan fingerprint density at radius 3 is 2.22 bits per heavy atom. The van der Waals surface area contributed by atoms with Crippen LogP contribution in [0.25, 0.3) is 10.6 Å². The number of nitrogens with zero attached hydrogens (tertiary/aromatic N) is 3. The van der Waals surface area contributed by atoms with Crippen LogP contribution in [0.2, 0.25) is 0 Å². The highest BCUT2D eigenvalue weighted by molar-refractivity contribution is 7.17. The van der Waals surface area contributed by atoms with Crippen LogP contribution in [0.1, 0.15) is 26.8 Å². The Bertz CT molecular complexity index is 1080. The summed E-state index contributed by atoms with van der Waals surface area (Å²) < 4.78 is 0. The number of nitriles is 2. The third-order valence-corrected chi connectivity index (χ3v) is 6.28. The zero-order valence-corrected chi connectivity index (χ0v) is 15.4. The molecule has 0 spiro atoms. The van der Waals surface area contributed by atoms with Crippen LogP contribution in [0.4, 0.5) is 0 Å². The number of thiazole rings is 1. The Labute approximate surface area is 161 Å². The first-order valence-electron chi connectivity index (χ1n) is 8.57. The van der Waals surface area contributed by atoms with E-state index >= 15 is 0 Å². The van der Waals surface area contributed by atoms with Crippen LogP contribution in [0.5, 0.6) is 0 Å². The van der Waals surface area contributed by atoms with Crippen molar-refractivity contribution >= 4 is 17.1 Å². The smallest absolute Gasteiger partial charge is 0.181 e. The third kappa shape index (κ3) is 2.65. The van der Waals surface area contributed by atoms with Crippen LogP contribution in [-0.2, 0) is 0 Å². The molecule has 4 rings (SSSR count). The highest BCUT2D eigenvalue weighted by atomic mass is 32.1. The van der Waals surface area contributed by atoms with Crippen LogP contribution >= 0.6 is 11.3 Å². The van der Waals surface area contributed by atoms with Gasteiger partial charge in [-0.15, -0.1) is 11.3 Å². The van der Waals surface area contributed by atoms with Crippen molar-refractivity contribution in [1.82, 2.24) is 4.98 Å². The van der Waals surface area contributed by atoms with Crippen LogP contribution in [0, 0.1) is 40.9 Å². The van der Waals surface area contributed by atoms with Gasteiger partial charge in [-0.1, -0.05) is 60.7 Å². The van der Waals surface area contributed by atoms with Gasteiger partial charge in [0.2, 0.25) is 0 Å². The summed E-state index contributed by atoms with van der Waals surface area (Å²) in [6.07, 6.45) is 0. The fourth-order valence-corrected chi connectivity index (χ4v) is 4.69. The monoisotopic (exact) mass is 369 g/mol. The molecule has 4 nitrogen and oxygen atoms in total. The molecule has 27 heavy (non-hydrogen) atoms. The quantitative estimate of drug-likeness (QED) is 0.622. The molecule has 5 heteroatoms. The van der Waals surface area contributed by atoms with Gasteiger partial charge in [0, 0.05) is 11.5 Å². The summed E-state index contributed by atoms with van der Waals surface area (Å²) in [5, 5.41) is 20.1. The highest BCUT2D eigenvalue weighted by Crippen LogP contribution is 2.65. The molecule has 1 fully saturated rings. The lowest BCUT2D eigenvalue weighted by atomic mass is 10.0. The van der Waals surface area contributed by atoms with Gasteiger partial charge in [0.1, 0.15) is 5.01 Å². The number of rotatable bonds is 4. The van der Waals surface area contributed by atoms with Gasteiger partial charge in [-0.05, 0) is 12.5 Å². The standard InChI is InChI=1S/C22H15N3OS/c1-14-20(27-21(25-14)16-10-6-3-7-11-16)19(26)18-17(22(18,12-23)13-24)15-8-4-2-5-9-15/h2-11,17-18H,1H3/t17-,18-/m1/s1. The molecule has 0 saturated heterocycles. The van der Waals surface area contributed by atoms with Crippen molar-refractivity contribution in [2.75, 3.05) is 0 Å². The predicted octanol–water partition coefficient (Wildman–Crippen LogP) is 4.75. The summed E-state index contributed by atoms with van der Waals surface area (Å²) in [5.41, 5.74) is 1.14. The van der Waals surface area contributed by atoms with Crippen LogP contribution in [-0.4, -0.2) is 10.8 Å². The maximum absolute atomic E-state index is 13.3. The van der Waals surface area contributed by atoms with Crippen LogP contribution < -0.4 is 0 Å². The van der Waals surface area contributed by atoms with E-state index in [9.17, 15) is 15.3 Å². The minimum atomic E-state index is -1.30. The molecule has 3 aromatic rings. The van der Waals surface area contributed by atoms with Gasteiger partial charge in [-0.3, -0.25) is 4.79 Å². The van der Waals surface area contributed by atoms with E-state index in [4.69, 9.17) is 0 Å². The number of carbonyl (C=O) groups excluding carboxylic acids is 1. The van der Waals surface area contributed by atoms with E-state index in [0.717, 1.165) is 16.1 Å². The number of aromatic nitrogens is 1. The molecule has 0 unspecified atom stereocenters. The second kappa shape index (κ2) is 6.46. The number of hydrogen-bond acceptors (Lipinski definition) is 5. The summed E-state index contributed by atoms with van der Waals surface area (Å²) >= 11 is 1.33. The first-order valence-corrected chi connectivity index (χ1v) is 9.38. The van der Waals surface area contributed by atoms with Gasteiger partial charge in [-0.2, -0.15) is 10.5 Å². The van der Waals surface area contributed by atoms with E-state index in [1.165, 1.54) is 11.3 Å². The Morgan fingerprint density at radius 2 is 1.63 bits per heavy atom. The summed E-state index contributed by atoms with van der Waals surface area (Å²) in [5.74, 6) is -1.22. The summed E-state index contributed by atoms with van der Waals surface area (Å²) in [6.45, 7) is 1.80. The molecular formula is C22H15N3OS. The van der Waals surface area contributed by atoms with Crippen molar-refractivity contribution in [2.45, 2.75) is 12.8 Å². The van der Waals surface area contributed by atoms with Crippen LogP contribution in [0.15, 0.2) is 60.7 Å². The maximum atomic E-state index is 13.3. The second-order valence-corrected chi connectivity index (χ2v) is 7.62. The zero-order valence-electron chi connectivity index (χ0n) is 14.6. The molecule has 0 N–H and O–H groups in total. The number of aryl methyl sites for hydroxylation is 1. The second-order valence-electron chi connectivity index (χ2n) is 6.62. The Balaban J connectivity index is 1.72. The van der Waals surface area contributed by atoms with Crippen molar-refractivity contribution in [3.05, 3.63) is 76.8 Å². The normalized spacial score (nSPS) is 19.7. The molecule has 1 heterocycles. The van der Waals surface area contributed by atoms with E-state index in [2.05, 4.69) is 17.1 Å². The van der Waals surface area contributed by atoms with Crippen molar-refractivity contribution in [3.63, 3.8) is 0 Å². The van der Waals surface area contributed by atoms with E-state index in [1.54, 1.807) is 6.92 Å². The minimum absolute atomic E-state index is 0.163. The molecule has 0 amide bonds. The topological polar surface area (TPSA) is 77.5 Å². The summed E-state index contributed by atoms with van der Waals surface area (Å²) in [4.78, 5) is 18.3. The summed E-state index contributed by atoms with van der Waals surface area (Å²) in [6, 6.07) is 23.2. The number of carbonyl (C=O) groups is 1. The van der Waals surface area contributed by atoms with Gasteiger partial charge < -0.3 is 0 Å². The van der Waals surface area contributed by atoms with Gasteiger partial charge in [0.15, 0.2) is 11.2 Å². The maximum Gasteiger partial charge on any atom is 0.181 e. The molecule has 130 valence electrons. The largest absolute Gasteiger partial charge is 0.293 e. The molecule has 1 aromatic heterocycles. The summed E-state index contributed by atoms with van der Waals surface area (Å²) in [7, 11) is 0. The van der Waals surface area contributed by atoms with Gasteiger partial charge >= 0.3 is 0 Å². The average Bonchev–Trinajstić information content (AvgIpc) is 3.25. The third-order valence-electron chi connectivity index (χ3n) is 5.06. The molecule has 2 aromatic carbocycles. The lowest BCUT2D eigenvalue weighted by Crippen LogP contribution is -2.08. The first-order chi connectivity index (χ1) is 13.1. The lowest BCUT2D eigenvalue weighted by Gasteiger charge is -1.98. The van der Waals surface area contributed by atoms with Gasteiger partial charge in [-0.25, -0.2) is 4.98 Å². The van der Waals surface area contributed by atoms with Gasteiger partial charge in [0.25, 0.3) is 0 Å². The van der Waals surface area contributed by atoms with E-state index < -0.39 is 17.3 Å². The lowest BCUT2D eigenvalue weighted by molar-refractivity contribution is 0.0961. The number of ketones is 1. The molecule has 0 bridgehead atoms. The van der Waals surface area contributed by atoms with Gasteiger partial charge in [0.05, 0.1) is 28.6 Å². The number of benzene rings is 2. The Morgan fingerprint density at radius 1 is 1.04 bits per heavy atom. The molecular weight excluding hydrogens is 354 g/mol. The van der Waals surface area contributed by atoms with E-state index in [0.29, 0.717) is 10.6 Å². The first kappa shape index (κ1) is 17.1. The van der Waals surface area contributed by atoms with Crippen molar-refractivity contribution in [1.29, 1.82) is 10.5 Å². The van der Waals surface area contributed by atoms with E-state index in [1.807, 2.05) is 60.7 Å². The Hall–Kier alpha value is -3.28. The zero-order chi connectivity index (χ0) is 19.0. The fourth-order valence-electron chi connectivity index (χ4n) is 3.64. The molecule has 2 atom stereocenters. The predicted molar refractivity (Wildman–Crippen MR) is 103 cm³/mol. The van der Waals surface area contributed by atoms with Crippen molar-refractivity contribution < 1.29 is 4.79 Å². The number of Topliss-reactive ketones (excluding diaryl/α,β-unsaturated/α-hetero) is 1. The van der Waals surface area contributed by atoms with Crippen molar-refractivity contribution in [2.24, 2.45) is 11.3 Å². The molecule has 1 saturated carbocycles. The van der Waals surface area contributed by atoms with Crippen LogP contribution in [0.3, 0.4) is 0 Å². The molecule has 1 aliphatic rings. The van der Waals surface area contributed by atoms with Crippen molar-refractivity contribution in [3.8, 4) is 22.7 Å². The minimum Gasteiger partial charge on any atom is -0.293 e. The molecule has 0 aliphatic heterocycles. The Kier molecular flexibility index (Phi) is 4.11. The fraction of sp³-hybridized carbons (Fsp3) is 0.182. The SMILES string of the molecule is Cc1nc(-c2ccccc2)sc1C(=O)[C@H]1[C@@H](c2ccccc2)C1(C#N)C#N. The van der Waals surface area contributed by atoms with E-state index in [-0.39, 0.29) is 5.78 Å². The molecule has 1 aliphatic carbocycles. The average molecular weight is 369 g/mol.